The monoisotopic (exact) mass is 310 g/mol. The normalized spacial score (nSPS) is 17.4. The van der Waals surface area contributed by atoms with Gasteiger partial charge in [0.05, 0.1) is 5.02 Å². The largest absolute Gasteiger partial charge is 0.477 e. The van der Waals surface area contributed by atoms with Crippen LogP contribution < -0.4 is 0 Å². The van der Waals surface area contributed by atoms with Crippen LogP contribution in [0.4, 0.5) is 0 Å². The number of carbonyl (C=O) groups is 1. The SMILES string of the molecule is CN1CCN(Cc2csc(C(=O)O)c2Cl)CC1.Cl. The zero-order valence-electron chi connectivity index (χ0n) is 10.1. The van der Waals surface area contributed by atoms with Crippen LogP contribution in [0.15, 0.2) is 5.38 Å². The maximum atomic E-state index is 10.9. The molecule has 0 bridgehead atoms. The highest BCUT2D eigenvalue weighted by Gasteiger charge is 2.19. The predicted octanol–water partition coefficient (Wildman–Crippen LogP) is 2.27. The predicted molar refractivity (Wildman–Crippen MR) is 76.3 cm³/mol. The molecule has 0 spiro atoms. The van der Waals surface area contributed by atoms with E-state index in [0.717, 1.165) is 38.3 Å². The first-order valence-corrected chi connectivity index (χ1v) is 6.73. The molecule has 4 nitrogen and oxygen atoms in total. The molecule has 7 heteroatoms. The number of piperazine rings is 1. The van der Waals surface area contributed by atoms with Crippen molar-refractivity contribution in [3.8, 4) is 0 Å². The Morgan fingerprint density at radius 2 is 2.06 bits per heavy atom. The number of likely N-dealkylation sites (N-methyl/N-ethyl adjacent to an activating group) is 1. The van der Waals surface area contributed by atoms with Gasteiger partial charge in [-0.1, -0.05) is 11.6 Å². The van der Waals surface area contributed by atoms with E-state index in [0.29, 0.717) is 5.02 Å². The molecule has 1 aliphatic rings. The third-order valence-electron chi connectivity index (χ3n) is 2.98. The van der Waals surface area contributed by atoms with Gasteiger partial charge in [0.15, 0.2) is 0 Å². The van der Waals surface area contributed by atoms with E-state index in [-0.39, 0.29) is 17.3 Å². The summed E-state index contributed by atoms with van der Waals surface area (Å²) in [5, 5.41) is 11.2. The van der Waals surface area contributed by atoms with Crippen LogP contribution in [0.25, 0.3) is 0 Å². The number of thiophene rings is 1. The van der Waals surface area contributed by atoms with E-state index in [1.807, 2.05) is 5.38 Å². The number of carboxylic acids is 1. The van der Waals surface area contributed by atoms with Gasteiger partial charge in [-0.15, -0.1) is 23.7 Å². The van der Waals surface area contributed by atoms with Crippen molar-refractivity contribution >= 4 is 41.3 Å². The molecule has 18 heavy (non-hydrogen) atoms. The molecule has 0 aliphatic carbocycles. The van der Waals surface area contributed by atoms with Crippen molar-refractivity contribution in [2.24, 2.45) is 0 Å². The zero-order valence-corrected chi connectivity index (χ0v) is 12.4. The lowest BCUT2D eigenvalue weighted by molar-refractivity contribution is 0.0702. The highest BCUT2D eigenvalue weighted by atomic mass is 35.5. The molecule has 0 unspecified atom stereocenters. The first-order valence-electron chi connectivity index (χ1n) is 5.48. The first-order chi connectivity index (χ1) is 8.08. The Labute approximate surface area is 122 Å². The first kappa shape index (κ1) is 15.7. The Morgan fingerprint density at radius 3 is 2.56 bits per heavy atom. The van der Waals surface area contributed by atoms with Gasteiger partial charge in [0.1, 0.15) is 4.88 Å². The maximum Gasteiger partial charge on any atom is 0.347 e. The van der Waals surface area contributed by atoms with Crippen LogP contribution in [0.2, 0.25) is 5.02 Å². The fraction of sp³-hybridized carbons (Fsp3) is 0.545. The number of rotatable bonds is 3. The van der Waals surface area contributed by atoms with E-state index in [1.165, 1.54) is 11.3 Å². The Balaban J connectivity index is 0.00000162. The lowest BCUT2D eigenvalue weighted by atomic mass is 10.2. The Kier molecular flexibility index (Phi) is 5.88. The summed E-state index contributed by atoms with van der Waals surface area (Å²) < 4.78 is 0. The van der Waals surface area contributed by atoms with Gasteiger partial charge >= 0.3 is 5.97 Å². The number of aromatic carboxylic acids is 1. The van der Waals surface area contributed by atoms with Gasteiger partial charge in [0, 0.05) is 32.7 Å². The van der Waals surface area contributed by atoms with Crippen LogP contribution in [0.1, 0.15) is 15.2 Å². The molecular formula is C11H16Cl2N2O2S. The second-order valence-electron chi connectivity index (χ2n) is 4.29. The molecule has 1 aromatic rings. The summed E-state index contributed by atoms with van der Waals surface area (Å²) in [7, 11) is 2.11. The molecule has 0 saturated carbocycles. The van der Waals surface area contributed by atoms with Crippen LogP contribution in [0.3, 0.4) is 0 Å². The minimum atomic E-state index is -0.940. The fourth-order valence-corrected chi connectivity index (χ4v) is 3.06. The van der Waals surface area contributed by atoms with E-state index >= 15 is 0 Å². The summed E-state index contributed by atoms with van der Waals surface area (Å²) in [6.07, 6.45) is 0. The highest BCUT2D eigenvalue weighted by Crippen LogP contribution is 2.29. The number of halogens is 2. The van der Waals surface area contributed by atoms with Gasteiger partial charge in [0.2, 0.25) is 0 Å². The summed E-state index contributed by atoms with van der Waals surface area (Å²) in [5.74, 6) is -0.940. The molecule has 1 aromatic heterocycles. The molecule has 102 valence electrons. The number of carboxylic acid groups (broad SMARTS) is 1. The summed E-state index contributed by atoms with van der Waals surface area (Å²) in [4.78, 5) is 15.7. The van der Waals surface area contributed by atoms with Gasteiger partial charge in [-0.3, -0.25) is 4.90 Å². The molecule has 0 amide bonds. The van der Waals surface area contributed by atoms with Gasteiger partial charge in [-0.2, -0.15) is 0 Å². The standard InChI is InChI=1S/C11H15ClN2O2S.ClH/c1-13-2-4-14(5-3-13)6-8-7-17-10(9(8)12)11(15)16;/h7H,2-6H2,1H3,(H,15,16);1H. The average Bonchev–Trinajstić information content (AvgIpc) is 2.64. The number of nitrogens with zero attached hydrogens (tertiary/aromatic N) is 2. The summed E-state index contributed by atoms with van der Waals surface area (Å²) in [6, 6.07) is 0. The third-order valence-corrected chi connectivity index (χ3v) is 4.54. The van der Waals surface area contributed by atoms with Gasteiger partial charge < -0.3 is 10.0 Å². The highest BCUT2D eigenvalue weighted by molar-refractivity contribution is 7.12. The van der Waals surface area contributed by atoms with Crippen LogP contribution in [0.5, 0.6) is 0 Å². The smallest absolute Gasteiger partial charge is 0.347 e. The lowest BCUT2D eigenvalue weighted by Gasteiger charge is -2.32. The third kappa shape index (κ3) is 3.59. The molecule has 1 aliphatic heterocycles. The molecule has 1 saturated heterocycles. The van der Waals surface area contributed by atoms with E-state index < -0.39 is 5.97 Å². The Bertz CT molecular complexity index is 417. The van der Waals surface area contributed by atoms with E-state index in [2.05, 4.69) is 16.8 Å². The zero-order chi connectivity index (χ0) is 12.4. The average molecular weight is 311 g/mol. The van der Waals surface area contributed by atoms with Gasteiger partial charge in [-0.25, -0.2) is 4.79 Å². The van der Waals surface area contributed by atoms with E-state index in [4.69, 9.17) is 16.7 Å². The second-order valence-corrected chi connectivity index (χ2v) is 5.55. The van der Waals surface area contributed by atoms with Crippen molar-refractivity contribution in [2.75, 3.05) is 33.2 Å². The van der Waals surface area contributed by atoms with Crippen LogP contribution in [-0.4, -0.2) is 54.1 Å². The Hall–Kier alpha value is -0.330. The topological polar surface area (TPSA) is 43.8 Å². The molecule has 0 atom stereocenters. The quantitative estimate of drug-likeness (QED) is 0.930. The van der Waals surface area contributed by atoms with Crippen LogP contribution >= 0.6 is 35.3 Å². The fourth-order valence-electron chi connectivity index (χ4n) is 1.88. The van der Waals surface area contributed by atoms with E-state index in [9.17, 15) is 4.79 Å². The van der Waals surface area contributed by atoms with Gasteiger partial charge in [-0.05, 0) is 18.0 Å². The van der Waals surface area contributed by atoms with Crippen molar-refractivity contribution in [3.63, 3.8) is 0 Å². The molecule has 1 N–H and O–H groups in total. The molecule has 0 aromatic carbocycles. The molecule has 2 heterocycles. The minimum Gasteiger partial charge on any atom is -0.477 e. The molecule has 2 rings (SSSR count). The Morgan fingerprint density at radius 1 is 1.44 bits per heavy atom. The number of hydrogen-bond donors (Lipinski definition) is 1. The van der Waals surface area contributed by atoms with Crippen LogP contribution in [-0.2, 0) is 6.54 Å². The second kappa shape index (κ2) is 6.73. The van der Waals surface area contributed by atoms with Crippen molar-refractivity contribution in [1.82, 2.24) is 9.80 Å². The van der Waals surface area contributed by atoms with Gasteiger partial charge in [0.25, 0.3) is 0 Å². The van der Waals surface area contributed by atoms with Crippen molar-refractivity contribution in [1.29, 1.82) is 0 Å². The van der Waals surface area contributed by atoms with Crippen molar-refractivity contribution < 1.29 is 9.90 Å². The molecule has 0 radical (unpaired) electrons. The minimum absolute atomic E-state index is 0. The number of hydrogen-bond acceptors (Lipinski definition) is 4. The lowest BCUT2D eigenvalue weighted by Crippen LogP contribution is -2.43. The molecular weight excluding hydrogens is 295 g/mol. The van der Waals surface area contributed by atoms with Crippen molar-refractivity contribution in [2.45, 2.75) is 6.54 Å². The summed E-state index contributed by atoms with van der Waals surface area (Å²) >= 11 is 7.26. The maximum absolute atomic E-state index is 10.9. The summed E-state index contributed by atoms with van der Waals surface area (Å²) in [6.45, 7) is 4.85. The molecule has 1 fully saturated rings. The van der Waals surface area contributed by atoms with E-state index in [1.54, 1.807) is 0 Å². The van der Waals surface area contributed by atoms with Crippen LogP contribution in [0, 0.1) is 0 Å². The van der Waals surface area contributed by atoms with Crippen molar-refractivity contribution in [3.05, 3.63) is 20.8 Å². The summed E-state index contributed by atoms with van der Waals surface area (Å²) in [5.41, 5.74) is 0.929.